The van der Waals surface area contributed by atoms with E-state index in [1.807, 2.05) is 26.0 Å². The molecule has 2 N–H and O–H groups in total. The van der Waals surface area contributed by atoms with Gasteiger partial charge in [-0.1, -0.05) is 0 Å². The molecular weight excluding hydrogens is 272 g/mol. The number of amides is 1. The normalized spacial score (nSPS) is 12.1. The molecule has 5 nitrogen and oxygen atoms in total. The average Bonchev–Trinajstić information content (AvgIpc) is 2.74. The van der Waals surface area contributed by atoms with Crippen LogP contribution >= 0.6 is 11.3 Å². The van der Waals surface area contributed by atoms with Gasteiger partial charge in [0.05, 0.1) is 18.2 Å². The standard InChI is InChI=1S/C14H16N4OS/c1-8-4-5-10-11(16)12(20-13(10)17-8)14(19)18(3)9(2)6-7-15/h4-5,9H,6,16H2,1-3H3. The van der Waals surface area contributed by atoms with Crippen molar-refractivity contribution in [3.05, 3.63) is 22.7 Å². The lowest BCUT2D eigenvalue weighted by atomic mass is 10.2. The minimum Gasteiger partial charge on any atom is -0.397 e. The number of rotatable bonds is 3. The molecule has 1 unspecified atom stereocenters. The molecule has 104 valence electrons. The molecule has 2 aromatic rings. The minimum absolute atomic E-state index is 0.146. The van der Waals surface area contributed by atoms with E-state index in [4.69, 9.17) is 11.0 Å². The molecule has 0 bridgehead atoms. The van der Waals surface area contributed by atoms with Crippen LogP contribution in [0.3, 0.4) is 0 Å². The molecule has 0 aliphatic carbocycles. The molecular formula is C14H16N4OS. The Kier molecular flexibility index (Phi) is 3.91. The Morgan fingerprint density at radius 3 is 2.95 bits per heavy atom. The van der Waals surface area contributed by atoms with Gasteiger partial charge in [-0.2, -0.15) is 5.26 Å². The lowest BCUT2D eigenvalue weighted by Crippen LogP contribution is -2.34. The summed E-state index contributed by atoms with van der Waals surface area (Å²) in [5.41, 5.74) is 7.42. The van der Waals surface area contributed by atoms with Crippen molar-refractivity contribution in [3.8, 4) is 6.07 Å². The Morgan fingerprint density at radius 2 is 2.30 bits per heavy atom. The summed E-state index contributed by atoms with van der Waals surface area (Å²) in [6.45, 7) is 3.74. The molecule has 0 aromatic carbocycles. The fourth-order valence-electron chi connectivity index (χ4n) is 1.88. The Hall–Kier alpha value is -2.13. The predicted octanol–water partition coefficient (Wildman–Crippen LogP) is 2.56. The maximum atomic E-state index is 12.5. The first kappa shape index (κ1) is 14.3. The molecule has 0 aliphatic heterocycles. The number of carbonyl (C=O) groups is 1. The summed E-state index contributed by atoms with van der Waals surface area (Å²) in [6.07, 6.45) is 0.296. The highest BCUT2D eigenvalue weighted by atomic mass is 32.1. The first-order chi connectivity index (χ1) is 9.45. The number of hydrogen-bond donors (Lipinski definition) is 1. The summed E-state index contributed by atoms with van der Waals surface area (Å²) in [5.74, 6) is -0.161. The van der Waals surface area contributed by atoms with Crippen LogP contribution in [0, 0.1) is 18.3 Å². The van der Waals surface area contributed by atoms with Crippen LogP contribution in [0.4, 0.5) is 5.69 Å². The van der Waals surface area contributed by atoms with Gasteiger partial charge in [0, 0.05) is 24.2 Å². The van der Waals surface area contributed by atoms with E-state index in [1.54, 1.807) is 11.9 Å². The van der Waals surface area contributed by atoms with Crippen LogP contribution < -0.4 is 5.73 Å². The predicted molar refractivity (Wildman–Crippen MR) is 80.6 cm³/mol. The monoisotopic (exact) mass is 288 g/mol. The van der Waals surface area contributed by atoms with E-state index in [9.17, 15) is 4.79 Å². The molecule has 0 fully saturated rings. The van der Waals surface area contributed by atoms with E-state index in [-0.39, 0.29) is 11.9 Å². The average molecular weight is 288 g/mol. The van der Waals surface area contributed by atoms with Crippen LogP contribution in [-0.2, 0) is 0 Å². The fraction of sp³-hybridized carbons (Fsp3) is 0.357. The van der Waals surface area contributed by atoms with Crippen molar-refractivity contribution in [2.24, 2.45) is 0 Å². The summed E-state index contributed by atoms with van der Waals surface area (Å²) in [5, 5.41) is 9.53. The lowest BCUT2D eigenvalue weighted by molar-refractivity contribution is 0.0752. The number of nitrogen functional groups attached to an aromatic ring is 1. The van der Waals surface area contributed by atoms with Gasteiger partial charge in [0.25, 0.3) is 5.91 Å². The zero-order chi connectivity index (χ0) is 14.9. The number of hydrogen-bond acceptors (Lipinski definition) is 5. The number of nitrogens with zero attached hydrogens (tertiary/aromatic N) is 3. The molecule has 0 radical (unpaired) electrons. The highest BCUT2D eigenvalue weighted by molar-refractivity contribution is 7.21. The second kappa shape index (κ2) is 5.47. The highest BCUT2D eigenvalue weighted by Gasteiger charge is 2.23. The Bertz CT molecular complexity index is 701. The quantitative estimate of drug-likeness (QED) is 0.940. The zero-order valence-corrected chi connectivity index (χ0v) is 12.5. The number of nitrogens with two attached hydrogens (primary N) is 1. The van der Waals surface area contributed by atoms with Crippen LogP contribution in [0.25, 0.3) is 10.2 Å². The van der Waals surface area contributed by atoms with Gasteiger partial charge in [-0.3, -0.25) is 4.79 Å². The van der Waals surface area contributed by atoms with Crippen molar-refractivity contribution >= 4 is 33.1 Å². The van der Waals surface area contributed by atoms with Gasteiger partial charge in [-0.15, -0.1) is 11.3 Å². The number of fused-ring (bicyclic) bond motifs is 1. The van der Waals surface area contributed by atoms with Crippen molar-refractivity contribution in [2.75, 3.05) is 12.8 Å². The number of anilines is 1. The van der Waals surface area contributed by atoms with E-state index in [2.05, 4.69) is 11.1 Å². The van der Waals surface area contributed by atoms with Gasteiger partial charge in [-0.25, -0.2) is 4.98 Å². The zero-order valence-electron chi connectivity index (χ0n) is 11.7. The third-order valence-electron chi connectivity index (χ3n) is 3.30. The van der Waals surface area contributed by atoms with Crippen molar-refractivity contribution in [1.29, 1.82) is 5.26 Å². The molecule has 1 atom stereocenters. The van der Waals surface area contributed by atoms with Gasteiger partial charge in [-0.05, 0) is 26.0 Å². The number of pyridine rings is 1. The van der Waals surface area contributed by atoms with Gasteiger partial charge in [0.2, 0.25) is 0 Å². The van der Waals surface area contributed by atoms with Crippen molar-refractivity contribution in [3.63, 3.8) is 0 Å². The SMILES string of the molecule is Cc1ccc2c(N)c(C(=O)N(C)C(C)CC#N)sc2n1. The number of aromatic nitrogens is 1. The molecule has 0 saturated carbocycles. The third-order valence-corrected chi connectivity index (χ3v) is 4.40. The topological polar surface area (TPSA) is 83.0 Å². The summed E-state index contributed by atoms with van der Waals surface area (Å²) < 4.78 is 0. The second-order valence-corrected chi connectivity index (χ2v) is 5.78. The molecule has 6 heteroatoms. The van der Waals surface area contributed by atoms with E-state index in [0.29, 0.717) is 17.0 Å². The van der Waals surface area contributed by atoms with Crippen LogP contribution in [0.2, 0.25) is 0 Å². The molecule has 0 saturated heterocycles. The summed E-state index contributed by atoms with van der Waals surface area (Å²) in [4.78, 5) is 19.7. The van der Waals surface area contributed by atoms with Crippen molar-refractivity contribution in [1.82, 2.24) is 9.88 Å². The van der Waals surface area contributed by atoms with Gasteiger partial charge < -0.3 is 10.6 Å². The Morgan fingerprint density at radius 1 is 1.60 bits per heavy atom. The van der Waals surface area contributed by atoms with Crippen LogP contribution in [0.5, 0.6) is 0 Å². The van der Waals surface area contributed by atoms with Gasteiger partial charge in [0.15, 0.2) is 0 Å². The molecule has 2 heterocycles. The van der Waals surface area contributed by atoms with Crippen LogP contribution in [0.15, 0.2) is 12.1 Å². The maximum Gasteiger partial charge on any atom is 0.266 e. The molecule has 0 aliphatic rings. The molecule has 1 amide bonds. The third kappa shape index (κ3) is 2.45. The molecule has 2 aromatic heterocycles. The summed E-state index contributed by atoms with van der Waals surface area (Å²) >= 11 is 1.30. The van der Waals surface area contributed by atoms with Crippen LogP contribution in [-0.4, -0.2) is 28.9 Å². The van der Waals surface area contributed by atoms with Crippen LogP contribution in [0.1, 0.15) is 28.7 Å². The number of thiophene rings is 1. The number of nitriles is 1. The van der Waals surface area contributed by atoms with E-state index < -0.39 is 0 Å². The number of carbonyl (C=O) groups excluding carboxylic acids is 1. The largest absolute Gasteiger partial charge is 0.397 e. The first-order valence-corrected chi connectivity index (χ1v) is 7.07. The maximum absolute atomic E-state index is 12.5. The second-order valence-electron chi connectivity index (χ2n) is 4.78. The molecule has 20 heavy (non-hydrogen) atoms. The number of aryl methyl sites for hydroxylation is 1. The van der Waals surface area contributed by atoms with E-state index in [0.717, 1.165) is 15.9 Å². The first-order valence-electron chi connectivity index (χ1n) is 6.25. The van der Waals surface area contributed by atoms with E-state index >= 15 is 0 Å². The highest BCUT2D eigenvalue weighted by Crippen LogP contribution is 2.33. The Balaban J connectivity index is 2.40. The minimum atomic E-state index is -0.161. The summed E-state index contributed by atoms with van der Waals surface area (Å²) in [6, 6.07) is 5.69. The molecule has 0 spiro atoms. The lowest BCUT2D eigenvalue weighted by Gasteiger charge is -2.22. The smallest absolute Gasteiger partial charge is 0.266 e. The Labute approximate surface area is 121 Å². The van der Waals surface area contributed by atoms with E-state index in [1.165, 1.54) is 11.3 Å². The molecule has 2 rings (SSSR count). The summed E-state index contributed by atoms with van der Waals surface area (Å²) in [7, 11) is 1.69. The van der Waals surface area contributed by atoms with Gasteiger partial charge in [0.1, 0.15) is 9.71 Å². The van der Waals surface area contributed by atoms with Crippen molar-refractivity contribution in [2.45, 2.75) is 26.3 Å². The fourth-order valence-corrected chi connectivity index (χ4v) is 3.00. The van der Waals surface area contributed by atoms with Crippen molar-refractivity contribution < 1.29 is 4.79 Å². The van der Waals surface area contributed by atoms with Gasteiger partial charge >= 0.3 is 0 Å².